The van der Waals surface area contributed by atoms with Crippen molar-refractivity contribution >= 4 is 0 Å². The summed E-state index contributed by atoms with van der Waals surface area (Å²) in [5, 5.41) is 8.85. The largest absolute Gasteiger partial charge is 0.497 e. The lowest BCUT2D eigenvalue weighted by Crippen LogP contribution is -2.38. The molecule has 2 aliphatic heterocycles. The van der Waals surface area contributed by atoms with E-state index < -0.39 is 0 Å². The van der Waals surface area contributed by atoms with Crippen LogP contribution in [-0.2, 0) is 6.54 Å². The Hall–Kier alpha value is -2.55. The molecule has 0 radical (unpaired) electrons. The number of hydrogen-bond donors (Lipinski definition) is 0. The first-order chi connectivity index (χ1) is 14.2. The molecular formula is C24H29N3O2. The predicted octanol–water partition coefficient (Wildman–Crippen LogP) is 3.64. The van der Waals surface area contributed by atoms with Crippen molar-refractivity contribution < 1.29 is 9.47 Å². The van der Waals surface area contributed by atoms with E-state index in [1.54, 1.807) is 7.11 Å². The first-order valence-electron chi connectivity index (χ1n) is 10.4. The number of rotatable bonds is 5. The van der Waals surface area contributed by atoms with Gasteiger partial charge in [-0.2, -0.15) is 5.26 Å². The van der Waals surface area contributed by atoms with Crippen LogP contribution in [-0.4, -0.2) is 56.2 Å². The first kappa shape index (κ1) is 19.8. The van der Waals surface area contributed by atoms with Gasteiger partial charge in [-0.15, -0.1) is 0 Å². The van der Waals surface area contributed by atoms with Crippen LogP contribution in [0.4, 0.5) is 0 Å². The molecule has 0 saturated carbocycles. The zero-order chi connectivity index (χ0) is 20.2. The van der Waals surface area contributed by atoms with Crippen LogP contribution in [0.15, 0.2) is 42.5 Å². The van der Waals surface area contributed by atoms with Gasteiger partial charge >= 0.3 is 0 Å². The summed E-state index contributed by atoms with van der Waals surface area (Å²) in [5.74, 6) is 2.21. The average Bonchev–Trinajstić information content (AvgIpc) is 2.74. The van der Waals surface area contributed by atoms with Gasteiger partial charge in [0.05, 0.1) is 19.7 Å². The van der Waals surface area contributed by atoms with Crippen LogP contribution in [0.2, 0.25) is 0 Å². The fourth-order valence-electron chi connectivity index (χ4n) is 4.50. The van der Waals surface area contributed by atoms with Gasteiger partial charge in [-0.25, -0.2) is 0 Å². The second kappa shape index (κ2) is 8.86. The van der Waals surface area contributed by atoms with Crippen LogP contribution in [0.5, 0.6) is 11.5 Å². The van der Waals surface area contributed by atoms with Crippen LogP contribution in [0.1, 0.15) is 35.4 Å². The Bertz CT molecular complexity index is 867. The van der Waals surface area contributed by atoms with Crippen molar-refractivity contribution in [1.82, 2.24) is 9.80 Å². The summed E-state index contributed by atoms with van der Waals surface area (Å²) in [6.07, 6.45) is 2.20. The lowest BCUT2D eigenvalue weighted by Gasteiger charge is -2.34. The molecule has 0 aliphatic carbocycles. The maximum Gasteiger partial charge on any atom is 0.120 e. The van der Waals surface area contributed by atoms with E-state index in [1.807, 2.05) is 12.1 Å². The molecule has 2 heterocycles. The van der Waals surface area contributed by atoms with Crippen LogP contribution in [0.3, 0.4) is 0 Å². The number of nitriles is 1. The summed E-state index contributed by atoms with van der Waals surface area (Å²) in [7, 11) is 3.88. The molecule has 2 aromatic rings. The lowest BCUT2D eigenvalue weighted by atomic mass is 9.84. The zero-order valence-electron chi connectivity index (χ0n) is 17.3. The highest BCUT2D eigenvalue weighted by atomic mass is 16.5. The van der Waals surface area contributed by atoms with E-state index in [1.165, 1.54) is 16.7 Å². The number of benzene rings is 2. The maximum atomic E-state index is 8.85. The predicted molar refractivity (Wildman–Crippen MR) is 113 cm³/mol. The Morgan fingerprint density at radius 1 is 1.07 bits per heavy atom. The minimum absolute atomic E-state index is 0.238. The van der Waals surface area contributed by atoms with Crippen molar-refractivity contribution in [2.24, 2.45) is 0 Å². The molecule has 2 aromatic carbocycles. The maximum absolute atomic E-state index is 8.85. The highest BCUT2D eigenvalue weighted by molar-refractivity contribution is 5.45. The quantitative estimate of drug-likeness (QED) is 0.729. The number of likely N-dealkylation sites (N-methyl/N-ethyl adjacent to an activating group) is 1. The molecule has 1 unspecified atom stereocenters. The molecule has 4 rings (SSSR count). The molecule has 5 heteroatoms. The van der Waals surface area contributed by atoms with E-state index in [9.17, 15) is 0 Å². The van der Waals surface area contributed by atoms with Crippen molar-refractivity contribution in [3.8, 4) is 17.6 Å². The van der Waals surface area contributed by atoms with Gasteiger partial charge in [0.25, 0.3) is 0 Å². The summed E-state index contributed by atoms with van der Waals surface area (Å²) in [6.45, 7) is 4.35. The Balaban J connectivity index is 1.49. The fraction of sp³-hybridized carbons (Fsp3) is 0.458. The smallest absolute Gasteiger partial charge is 0.120 e. The van der Waals surface area contributed by atoms with Crippen LogP contribution in [0.25, 0.3) is 0 Å². The number of hydrogen-bond acceptors (Lipinski definition) is 5. The van der Waals surface area contributed by atoms with E-state index in [0.29, 0.717) is 12.5 Å². The first-order valence-corrected chi connectivity index (χ1v) is 10.4. The molecule has 152 valence electrons. The van der Waals surface area contributed by atoms with Crippen LogP contribution >= 0.6 is 0 Å². The van der Waals surface area contributed by atoms with Gasteiger partial charge in [-0.05, 0) is 60.8 Å². The third-order valence-corrected chi connectivity index (χ3v) is 6.07. The summed E-state index contributed by atoms with van der Waals surface area (Å²) < 4.78 is 11.6. The monoisotopic (exact) mass is 391 g/mol. The molecule has 0 bridgehead atoms. The number of fused-ring (bicyclic) bond motifs is 1. The van der Waals surface area contributed by atoms with Crippen LogP contribution < -0.4 is 9.47 Å². The molecule has 1 fully saturated rings. The van der Waals surface area contributed by atoms with Gasteiger partial charge in [0.2, 0.25) is 0 Å². The van der Waals surface area contributed by atoms with Gasteiger partial charge < -0.3 is 14.4 Å². The Morgan fingerprint density at radius 2 is 1.79 bits per heavy atom. The summed E-state index contributed by atoms with van der Waals surface area (Å²) >= 11 is 0. The van der Waals surface area contributed by atoms with E-state index in [-0.39, 0.29) is 6.10 Å². The van der Waals surface area contributed by atoms with E-state index in [0.717, 1.165) is 50.5 Å². The number of methoxy groups -OCH3 is 1. The minimum Gasteiger partial charge on any atom is -0.497 e. The van der Waals surface area contributed by atoms with Crippen molar-refractivity contribution in [3.63, 3.8) is 0 Å². The highest BCUT2D eigenvalue weighted by Crippen LogP contribution is 2.36. The molecule has 29 heavy (non-hydrogen) atoms. The molecule has 0 aromatic heterocycles. The topological polar surface area (TPSA) is 48.7 Å². The third-order valence-electron chi connectivity index (χ3n) is 6.07. The van der Waals surface area contributed by atoms with Crippen molar-refractivity contribution in [3.05, 3.63) is 59.2 Å². The zero-order valence-corrected chi connectivity index (χ0v) is 17.3. The minimum atomic E-state index is 0.238. The van der Waals surface area contributed by atoms with Crippen molar-refractivity contribution in [2.45, 2.75) is 31.4 Å². The lowest BCUT2D eigenvalue weighted by molar-refractivity contribution is 0.107. The molecule has 2 aliphatic rings. The Labute approximate surface area is 173 Å². The molecule has 0 amide bonds. The number of likely N-dealkylation sites (tertiary alicyclic amines) is 1. The highest BCUT2D eigenvalue weighted by Gasteiger charge is 2.26. The number of ether oxygens (including phenoxy) is 2. The van der Waals surface area contributed by atoms with Gasteiger partial charge in [-0.3, -0.25) is 4.90 Å². The van der Waals surface area contributed by atoms with Crippen LogP contribution in [0, 0.1) is 11.3 Å². The van der Waals surface area contributed by atoms with Gasteiger partial charge in [0.15, 0.2) is 0 Å². The summed E-state index contributed by atoms with van der Waals surface area (Å²) in [5.41, 5.74) is 4.06. The molecular weight excluding hydrogens is 362 g/mol. The van der Waals surface area contributed by atoms with E-state index >= 15 is 0 Å². The standard InChI is InChI=1S/C24H29N3O2/c1-26-16-19-15-22(29-21-9-12-27(13-10-21)14-11-25)7-8-23(19)24(17-26)18-3-5-20(28-2)6-4-18/h3-8,15,21,24H,9-10,12-14,16-17H2,1-2H3. The Morgan fingerprint density at radius 3 is 2.48 bits per heavy atom. The normalized spacial score (nSPS) is 20.7. The fourth-order valence-corrected chi connectivity index (χ4v) is 4.50. The number of piperidine rings is 1. The molecule has 1 saturated heterocycles. The molecule has 0 N–H and O–H groups in total. The van der Waals surface area contributed by atoms with Crippen molar-refractivity contribution in [2.75, 3.05) is 40.3 Å². The van der Waals surface area contributed by atoms with Gasteiger partial charge in [-0.1, -0.05) is 18.2 Å². The second-order valence-corrected chi connectivity index (χ2v) is 8.13. The van der Waals surface area contributed by atoms with Crippen molar-refractivity contribution in [1.29, 1.82) is 5.26 Å². The molecule has 1 atom stereocenters. The summed E-state index contributed by atoms with van der Waals surface area (Å²) in [4.78, 5) is 4.57. The van der Waals surface area contributed by atoms with E-state index in [2.05, 4.69) is 53.2 Å². The second-order valence-electron chi connectivity index (χ2n) is 8.13. The number of nitrogens with zero attached hydrogens (tertiary/aromatic N) is 3. The third kappa shape index (κ3) is 4.55. The SMILES string of the molecule is COc1ccc(C2CN(C)Cc3cc(OC4CCN(CC#N)CC4)ccc32)cc1. The average molecular weight is 392 g/mol. The molecule has 5 nitrogen and oxygen atoms in total. The van der Waals surface area contributed by atoms with Gasteiger partial charge in [0.1, 0.15) is 17.6 Å². The van der Waals surface area contributed by atoms with Gasteiger partial charge in [0, 0.05) is 32.1 Å². The summed E-state index contributed by atoms with van der Waals surface area (Å²) in [6, 6.07) is 17.3. The van der Waals surface area contributed by atoms with E-state index in [4.69, 9.17) is 14.7 Å². The Kier molecular flexibility index (Phi) is 6.03. The molecule has 0 spiro atoms.